The first-order valence-corrected chi connectivity index (χ1v) is 6.28. The molecule has 18 heavy (non-hydrogen) atoms. The van der Waals surface area contributed by atoms with E-state index in [1.165, 1.54) is 16.7 Å². The van der Waals surface area contributed by atoms with Crippen molar-refractivity contribution in [3.8, 4) is 0 Å². The van der Waals surface area contributed by atoms with Gasteiger partial charge in [-0.2, -0.15) is 0 Å². The van der Waals surface area contributed by atoms with Crippen LogP contribution >= 0.6 is 0 Å². The average molecular weight is 249 g/mol. The molecule has 0 amide bonds. The number of carboxylic acids is 1. The Kier molecular flexibility index (Phi) is 4.91. The van der Waals surface area contributed by atoms with E-state index in [0.717, 1.165) is 0 Å². The predicted molar refractivity (Wildman–Crippen MR) is 73.8 cm³/mol. The maximum absolute atomic E-state index is 10.9. The molecule has 1 rings (SSSR count). The van der Waals surface area contributed by atoms with Crippen molar-refractivity contribution in [2.45, 2.75) is 33.2 Å². The molecule has 3 nitrogen and oxygen atoms in total. The lowest BCUT2D eigenvalue weighted by Gasteiger charge is -2.31. The van der Waals surface area contributed by atoms with E-state index >= 15 is 0 Å². The summed E-state index contributed by atoms with van der Waals surface area (Å²) < 4.78 is 0. The van der Waals surface area contributed by atoms with Crippen LogP contribution in [0.1, 0.15) is 36.1 Å². The molecular formula is C15H23NO2. The number of aryl methyl sites for hydroxylation is 2. The van der Waals surface area contributed by atoms with Crippen molar-refractivity contribution in [1.29, 1.82) is 0 Å². The Balaban J connectivity index is 3.11. The largest absolute Gasteiger partial charge is 0.481 e. The van der Waals surface area contributed by atoms with Crippen molar-refractivity contribution in [2.24, 2.45) is 5.92 Å². The van der Waals surface area contributed by atoms with Crippen LogP contribution in [0.4, 0.5) is 0 Å². The molecular weight excluding hydrogens is 226 g/mol. The molecule has 2 atom stereocenters. The van der Waals surface area contributed by atoms with E-state index in [2.05, 4.69) is 36.9 Å². The zero-order chi connectivity index (χ0) is 13.9. The molecule has 0 aliphatic heterocycles. The lowest BCUT2D eigenvalue weighted by molar-refractivity contribution is -0.138. The number of hydrogen-bond donors (Lipinski definition) is 1. The van der Waals surface area contributed by atoms with Gasteiger partial charge in [-0.15, -0.1) is 0 Å². The first kappa shape index (κ1) is 14.7. The van der Waals surface area contributed by atoms with Gasteiger partial charge in [0.25, 0.3) is 0 Å². The standard InChI is InChI=1S/C15H23NO2/c1-10-6-7-11(2)13(8-10)15(16(4)5)12(3)9-14(17)18/h6-8,12,15H,9H2,1-5H3,(H,17,18). The number of nitrogens with zero attached hydrogens (tertiary/aromatic N) is 1. The highest BCUT2D eigenvalue weighted by Gasteiger charge is 2.24. The third kappa shape index (κ3) is 3.57. The molecule has 0 saturated carbocycles. The second-order valence-corrected chi connectivity index (χ2v) is 5.34. The smallest absolute Gasteiger partial charge is 0.303 e. The number of carbonyl (C=O) groups is 1. The fraction of sp³-hybridized carbons (Fsp3) is 0.533. The van der Waals surface area contributed by atoms with Crippen LogP contribution in [0.2, 0.25) is 0 Å². The Hall–Kier alpha value is -1.35. The summed E-state index contributed by atoms with van der Waals surface area (Å²) in [5, 5.41) is 8.97. The van der Waals surface area contributed by atoms with Gasteiger partial charge in [-0.1, -0.05) is 30.7 Å². The van der Waals surface area contributed by atoms with Crippen LogP contribution in [0.15, 0.2) is 18.2 Å². The minimum absolute atomic E-state index is 0.0815. The van der Waals surface area contributed by atoms with Gasteiger partial charge in [0.1, 0.15) is 0 Å². The summed E-state index contributed by atoms with van der Waals surface area (Å²) in [6.45, 7) is 6.15. The summed E-state index contributed by atoms with van der Waals surface area (Å²) in [4.78, 5) is 13.0. The molecule has 0 aliphatic carbocycles. The van der Waals surface area contributed by atoms with Crippen molar-refractivity contribution in [3.05, 3.63) is 34.9 Å². The van der Waals surface area contributed by atoms with Crippen LogP contribution in [0, 0.1) is 19.8 Å². The van der Waals surface area contributed by atoms with E-state index in [4.69, 9.17) is 5.11 Å². The molecule has 1 aromatic rings. The molecule has 100 valence electrons. The van der Waals surface area contributed by atoms with Crippen molar-refractivity contribution < 1.29 is 9.90 Å². The highest BCUT2D eigenvalue weighted by atomic mass is 16.4. The van der Waals surface area contributed by atoms with Gasteiger partial charge in [0, 0.05) is 12.5 Å². The van der Waals surface area contributed by atoms with Gasteiger partial charge >= 0.3 is 5.97 Å². The van der Waals surface area contributed by atoms with E-state index in [-0.39, 0.29) is 18.4 Å². The Morgan fingerprint density at radius 1 is 1.33 bits per heavy atom. The third-order valence-corrected chi connectivity index (χ3v) is 3.35. The molecule has 1 N–H and O–H groups in total. The van der Waals surface area contributed by atoms with E-state index in [9.17, 15) is 4.79 Å². The molecule has 2 unspecified atom stereocenters. The van der Waals surface area contributed by atoms with Crippen LogP contribution in [0.25, 0.3) is 0 Å². The topological polar surface area (TPSA) is 40.5 Å². The number of hydrogen-bond acceptors (Lipinski definition) is 2. The first-order valence-electron chi connectivity index (χ1n) is 6.28. The summed E-state index contributed by atoms with van der Waals surface area (Å²) in [7, 11) is 4.01. The van der Waals surface area contributed by atoms with Crippen LogP contribution in [-0.4, -0.2) is 30.1 Å². The van der Waals surface area contributed by atoms with Gasteiger partial charge in [0.2, 0.25) is 0 Å². The summed E-state index contributed by atoms with van der Waals surface area (Å²) in [5.74, 6) is -0.655. The number of benzene rings is 1. The van der Waals surface area contributed by atoms with Crippen LogP contribution < -0.4 is 0 Å². The molecule has 0 aliphatic rings. The monoisotopic (exact) mass is 249 g/mol. The maximum atomic E-state index is 10.9. The zero-order valence-electron chi connectivity index (χ0n) is 11.9. The summed E-state index contributed by atoms with van der Waals surface area (Å²) in [6, 6.07) is 6.50. The Bertz CT molecular complexity index is 427. The highest BCUT2D eigenvalue weighted by molar-refractivity contribution is 5.67. The number of carboxylic acid groups (broad SMARTS) is 1. The second kappa shape index (κ2) is 6.01. The van der Waals surface area contributed by atoms with E-state index in [1.807, 2.05) is 21.0 Å². The third-order valence-electron chi connectivity index (χ3n) is 3.35. The fourth-order valence-electron chi connectivity index (χ4n) is 2.56. The van der Waals surface area contributed by atoms with Crippen molar-refractivity contribution in [3.63, 3.8) is 0 Å². The van der Waals surface area contributed by atoms with Crippen LogP contribution in [0.3, 0.4) is 0 Å². The SMILES string of the molecule is Cc1ccc(C)c(C(C(C)CC(=O)O)N(C)C)c1. The summed E-state index contributed by atoms with van der Waals surface area (Å²) in [6.07, 6.45) is 0.191. The average Bonchev–Trinajstić information content (AvgIpc) is 2.21. The van der Waals surface area contributed by atoms with Gasteiger partial charge in [-0.3, -0.25) is 4.79 Å². The summed E-state index contributed by atoms with van der Waals surface area (Å²) in [5.41, 5.74) is 3.66. The van der Waals surface area contributed by atoms with E-state index in [0.29, 0.717) is 0 Å². The predicted octanol–water partition coefficient (Wildman–Crippen LogP) is 3.02. The highest BCUT2D eigenvalue weighted by Crippen LogP contribution is 2.31. The molecule has 1 aromatic carbocycles. The van der Waals surface area contributed by atoms with Crippen molar-refractivity contribution in [1.82, 2.24) is 4.90 Å². The van der Waals surface area contributed by atoms with E-state index < -0.39 is 5.97 Å². The molecule has 0 spiro atoms. The van der Waals surface area contributed by atoms with Crippen LogP contribution in [-0.2, 0) is 4.79 Å². The summed E-state index contributed by atoms with van der Waals surface area (Å²) >= 11 is 0. The lowest BCUT2D eigenvalue weighted by Crippen LogP contribution is -2.28. The molecule has 0 fully saturated rings. The number of rotatable bonds is 5. The van der Waals surface area contributed by atoms with Gasteiger partial charge in [0.05, 0.1) is 0 Å². The van der Waals surface area contributed by atoms with Gasteiger partial charge in [-0.05, 0) is 45.0 Å². The van der Waals surface area contributed by atoms with E-state index in [1.54, 1.807) is 0 Å². The molecule has 3 heteroatoms. The lowest BCUT2D eigenvalue weighted by atomic mass is 9.88. The van der Waals surface area contributed by atoms with Crippen molar-refractivity contribution in [2.75, 3.05) is 14.1 Å². The minimum Gasteiger partial charge on any atom is -0.481 e. The maximum Gasteiger partial charge on any atom is 0.303 e. The second-order valence-electron chi connectivity index (χ2n) is 5.34. The molecule has 0 radical (unpaired) electrons. The van der Waals surface area contributed by atoms with Gasteiger partial charge in [0.15, 0.2) is 0 Å². The molecule has 0 heterocycles. The Morgan fingerprint density at radius 2 is 1.94 bits per heavy atom. The Labute approximate surface area is 109 Å². The molecule has 0 saturated heterocycles. The minimum atomic E-state index is -0.736. The zero-order valence-corrected chi connectivity index (χ0v) is 11.9. The van der Waals surface area contributed by atoms with Gasteiger partial charge in [-0.25, -0.2) is 0 Å². The normalized spacial score (nSPS) is 14.6. The molecule has 0 bridgehead atoms. The number of aliphatic carboxylic acids is 1. The fourth-order valence-corrected chi connectivity index (χ4v) is 2.56. The van der Waals surface area contributed by atoms with Gasteiger partial charge < -0.3 is 10.0 Å². The first-order chi connectivity index (χ1) is 8.32. The van der Waals surface area contributed by atoms with Crippen molar-refractivity contribution >= 4 is 5.97 Å². The Morgan fingerprint density at radius 3 is 2.44 bits per heavy atom. The van der Waals surface area contributed by atoms with Crippen LogP contribution in [0.5, 0.6) is 0 Å². The quantitative estimate of drug-likeness (QED) is 0.872. The molecule has 0 aromatic heterocycles.